The van der Waals surface area contributed by atoms with Gasteiger partial charge in [-0.2, -0.15) is 4.98 Å². The summed E-state index contributed by atoms with van der Waals surface area (Å²) in [4.78, 5) is 13.6. The van der Waals surface area contributed by atoms with Gasteiger partial charge in [0, 0.05) is 0 Å². The number of hydrogen-bond donors (Lipinski definition) is 1. The average molecular weight is 160 g/mol. The van der Waals surface area contributed by atoms with E-state index in [9.17, 15) is 4.79 Å². The molecule has 1 aromatic rings. The molecule has 0 amide bonds. The minimum absolute atomic E-state index is 0.0534. The lowest BCUT2D eigenvalue weighted by Gasteiger charge is -1.86. The Hall–Kier alpha value is -1.04. The summed E-state index contributed by atoms with van der Waals surface area (Å²) in [6.45, 7) is 0. The van der Waals surface area contributed by atoms with Gasteiger partial charge < -0.3 is 9.63 Å². The zero-order chi connectivity index (χ0) is 7.40. The van der Waals surface area contributed by atoms with Gasteiger partial charge in [0.2, 0.25) is 0 Å². The van der Waals surface area contributed by atoms with Crippen LogP contribution < -0.4 is 0 Å². The number of thioether (sulfide) groups is 1. The van der Waals surface area contributed by atoms with Gasteiger partial charge in [-0.15, -0.1) is 0 Å². The highest BCUT2D eigenvalue weighted by molar-refractivity contribution is 7.99. The molecule has 0 aliphatic carbocycles. The third kappa shape index (κ3) is 2.06. The summed E-state index contributed by atoms with van der Waals surface area (Å²) in [6, 6.07) is 0. The van der Waals surface area contributed by atoms with Crippen LogP contribution in [0.25, 0.3) is 0 Å². The molecule has 1 aromatic heterocycles. The molecule has 10 heavy (non-hydrogen) atoms. The molecule has 0 saturated carbocycles. The van der Waals surface area contributed by atoms with Crippen LogP contribution in [0.1, 0.15) is 0 Å². The van der Waals surface area contributed by atoms with Gasteiger partial charge in [0.25, 0.3) is 5.22 Å². The minimum Gasteiger partial charge on any atom is -0.481 e. The molecule has 0 saturated heterocycles. The van der Waals surface area contributed by atoms with Crippen molar-refractivity contribution in [3.05, 3.63) is 6.33 Å². The first-order valence-electron chi connectivity index (χ1n) is 2.40. The fraction of sp³-hybridized carbons (Fsp3) is 0.250. The first kappa shape index (κ1) is 7.07. The van der Waals surface area contributed by atoms with Gasteiger partial charge in [0.05, 0.1) is 0 Å². The minimum atomic E-state index is -0.900. The Morgan fingerprint density at radius 1 is 1.90 bits per heavy atom. The molecule has 54 valence electrons. The maximum atomic E-state index is 9.98. The quantitative estimate of drug-likeness (QED) is 0.638. The van der Waals surface area contributed by atoms with Crippen molar-refractivity contribution in [3.63, 3.8) is 0 Å². The van der Waals surface area contributed by atoms with Crippen LogP contribution in [0.5, 0.6) is 0 Å². The number of carbonyl (C=O) groups is 1. The van der Waals surface area contributed by atoms with Gasteiger partial charge in [0.1, 0.15) is 5.75 Å². The SMILES string of the molecule is O=C(O)CSc1ncno1. The van der Waals surface area contributed by atoms with E-state index in [0.717, 1.165) is 11.8 Å². The molecule has 6 heteroatoms. The normalized spacial score (nSPS) is 9.60. The second-order valence-electron chi connectivity index (χ2n) is 1.39. The summed E-state index contributed by atoms with van der Waals surface area (Å²) in [6.07, 6.45) is 1.23. The van der Waals surface area contributed by atoms with Crippen LogP contribution in [0.15, 0.2) is 16.1 Å². The zero-order valence-corrected chi connectivity index (χ0v) is 5.67. The van der Waals surface area contributed by atoms with E-state index in [-0.39, 0.29) is 11.0 Å². The standard InChI is InChI=1S/C4H4N2O3S/c7-3(8)1-10-4-5-2-6-9-4/h2H,1H2,(H,7,8). The molecular formula is C4H4N2O3S. The number of nitrogens with zero attached hydrogens (tertiary/aromatic N) is 2. The highest BCUT2D eigenvalue weighted by Gasteiger charge is 2.02. The number of carboxylic acids is 1. The maximum absolute atomic E-state index is 9.98. The molecule has 0 bridgehead atoms. The van der Waals surface area contributed by atoms with Gasteiger partial charge in [-0.25, -0.2) is 0 Å². The monoisotopic (exact) mass is 160 g/mol. The highest BCUT2D eigenvalue weighted by Crippen LogP contribution is 2.11. The Morgan fingerprint density at radius 2 is 2.70 bits per heavy atom. The Bertz CT molecular complexity index is 210. The van der Waals surface area contributed by atoms with E-state index < -0.39 is 5.97 Å². The fourth-order valence-corrected chi connectivity index (χ4v) is 0.814. The van der Waals surface area contributed by atoms with E-state index in [1.807, 2.05) is 0 Å². The second-order valence-corrected chi connectivity index (χ2v) is 2.32. The smallest absolute Gasteiger partial charge is 0.314 e. The molecule has 0 atom stereocenters. The lowest BCUT2D eigenvalue weighted by molar-refractivity contribution is -0.133. The van der Waals surface area contributed by atoms with Crippen molar-refractivity contribution in [2.75, 3.05) is 5.75 Å². The fourth-order valence-electron chi connectivity index (χ4n) is 0.350. The van der Waals surface area contributed by atoms with Crippen molar-refractivity contribution in [1.29, 1.82) is 0 Å². The van der Waals surface area contributed by atoms with E-state index in [1.54, 1.807) is 0 Å². The Labute approximate surface area is 60.4 Å². The maximum Gasteiger partial charge on any atom is 0.314 e. The molecule has 0 unspecified atom stereocenters. The van der Waals surface area contributed by atoms with Crippen LogP contribution in [-0.4, -0.2) is 27.0 Å². The summed E-state index contributed by atoms with van der Waals surface area (Å²) < 4.78 is 4.52. The molecule has 0 radical (unpaired) electrons. The van der Waals surface area contributed by atoms with Gasteiger partial charge in [-0.1, -0.05) is 16.9 Å². The highest BCUT2D eigenvalue weighted by atomic mass is 32.2. The van der Waals surface area contributed by atoms with Crippen LogP contribution in [0.3, 0.4) is 0 Å². The van der Waals surface area contributed by atoms with Crippen molar-refractivity contribution in [3.8, 4) is 0 Å². The van der Waals surface area contributed by atoms with Crippen molar-refractivity contribution in [2.45, 2.75) is 5.22 Å². The van der Waals surface area contributed by atoms with Gasteiger partial charge in [-0.3, -0.25) is 4.79 Å². The summed E-state index contributed by atoms with van der Waals surface area (Å²) >= 11 is 0.995. The summed E-state index contributed by atoms with van der Waals surface area (Å²) in [5, 5.41) is 11.8. The molecule has 0 aromatic carbocycles. The molecule has 5 nitrogen and oxygen atoms in total. The first-order valence-corrected chi connectivity index (χ1v) is 3.39. The van der Waals surface area contributed by atoms with Crippen molar-refractivity contribution >= 4 is 17.7 Å². The molecule has 0 aliphatic heterocycles. The zero-order valence-electron chi connectivity index (χ0n) is 4.85. The Morgan fingerprint density at radius 3 is 3.20 bits per heavy atom. The number of carboxylic acid groups (broad SMARTS) is 1. The van der Waals surface area contributed by atoms with Crippen LogP contribution in [0, 0.1) is 0 Å². The largest absolute Gasteiger partial charge is 0.481 e. The first-order chi connectivity index (χ1) is 4.79. The average Bonchev–Trinajstić information content (AvgIpc) is 2.34. The Kier molecular flexibility index (Phi) is 2.27. The van der Waals surface area contributed by atoms with Crippen LogP contribution in [0.4, 0.5) is 0 Å². The molecule has 1 N–H and O–H groups in total. The Balaban J connectivity index is 2.35. The van der Waals surface area contributed by atoms with Crippen LogP contribution >= 0.6 is 11.8 Å². The second kappa shape index (κ2) is 3.21. The van der Waals surface area contributed by atoms with Crippen LogP contribution in [-0.2, 0) is 4.79 Å². The third-order valence-electron chi connectivity index (χ3n) is 0.660. The van der Waals surface area contributed by atoms with E-state index in [1.165, 1.54) is 6.33 Å². The van der Waals surface area contributed by atoms with E-state index in [2.05, 4.69) is 14.7 Å². The summed E-state index contributed by atoms with van der Waals surface area (Å²) in [5.41, 5.74) is 0. The molecule has 1 heterocycles. The lowest BCUT2D eigenvalue weighted by Crippen LogP contribution is -1.97. The molecule has 1 rings (SSSR count). The number of rotatable bonds is 3. The van der Waals surface area contributed by atoms with Gasteiger partial charge in [0.15, 0.2) is 6.33 Å². The molecule has 0 spiro atoms. The predicted octanol–water partition coefficient (Wildman–Crippen LogP) is 0.246. The molecule has 0 aliphatic rings. The summed E-state index contributed by atoms with van der Waals surface area (Å²) in [7, 11) is 0. The predicted molar refractivity (Wildman–Crippen MR) is 32.7 cm³/mol. The summed E-state index contributed by atoms with van der Waals surface area (Å²) in [5.74, 6) is -0.953. The molecule has 0 fully saturated rings. The van der Waals surface area contributed by atoms with Gasteiger partial charge >= 0.3 is 5.97 Å². The molecular weight excluding hydrogens is 156 g/mol. The van der Waals surface area contributed by atoms with Gasteiger partial charge in [-0.05, 0) is 0 Å². The van der Waals surface area contributed by atoms with Crippen molar-refractivity contribution < 1.29 is 14.4 Å². The van der Waals surface area contributed by atoms with Crippen molar-refractivity contribution in [2.24, 2.45) is 0 Å². The number of hydrogen-bond acceptors (Lipinski definition) is 5. The van der Waals surface area contributed by atoms with E-state index in [4.69, 9.17) is 5.11 Å². The topological polar surface area (TPSA) is 76.2 Å². The van der Waals surface area contributed by atoms with E-state index >= 15 is 0 Å². The van der Waals surface area contributed by atoms with E-state index in [0.29, 0.717) is 0 Å². The third-order valence-corrected chi connectivity index (χ3v) is 1.48. The number of aromatic nitrogens is 2. The van der Waals surface area contributed by atoms with Crippen molar-refractivity contribution in [1.82, 2.24) is 10.1 Å². The van der Waals surface area contributed by atoms with Crippen LogP contribution in [0.2, 0.25) is 0 Å². The number of aliphatic carboxylic acids is 1. The lowest BCUT2D eigenvalue weighted by atomic mass is 10.8.